The number of ether oxygens (including phenoxy) is 1. The van der Waals surface area contributed by atoms with Gasteiger partial charge in [-0.1, -0.05) is 42.5 Å². The first-order valence-electron chi connectivity index (χ1n) is 8.73. The second kappa shape index (κ2) is 9.05. The molecule has 0 bridgehead atoms. The quantitative estimate of drug-likeness (QED) is 0.551. The molecule has 1 amide bonds. The van der Waals surface area contributed by atoms with Gasteiger partial charge in [-0.05, 0) is 37.6 Å². The molecule has 0 saturated heterocycles. The number of para-hydroxylation sites is 1. The zero-order valence-electron chi connectivity index (χ0n) is 15.0. The monoisotopic (exact) mass is 386 g/mol. The van der Waals surface area contributed by atoms with Crippen molar-refractivity contribution in [3.05, 3.63) is 53.3 Å². The highest BCUT2D eigenvalue weighted by Gasteiger charge is 2.12. The Balaban J connectivity index is 1.92. The predicted octanol–water partition coefficient (Wildman–Crippen LogP) is 4.73. The Morgan fingerprint density at radius 1 is 1.15 bits per heavy atom. The summed E-state index contributed by atoms with van der Waals surface area (Å²) in [7, 11) is 0. The van der Waals surface area contributed by atoms with Crippen LogP contribution in [0.15, 0.2) is 58.4 Å². The zero-order chi connectivity index (χ0) is 18.4. The molecule has 2 aromatic carbocycles. The van der Waals surface area contributed by atoms with Crippen LogP contribution in [-0.4, -0.2) is 22.8 Å². The maximum Gasteiger partial charge on any atom is 0.258 e. The number of hydrogen-bond acceptors (Lipinski definition) is 4. The Morgan fingerprint density at radius 3 is 2.69 bits per heavy atom. The van der Waals surface area contributed by atoms with E-state index in [1.54, 1.807) is 11.3 Å². The van der Waals surface area contributed by atoms with Crippen molar-refractivity contribution in [3.63, 3.8) is 0 Å². The van der Waals surface area contributed by atoms with Crippen molar-refractivity contribution in [2.75, 3.05) is 12.4 Å². The molecule has 0 aliphatic heterocycles. The normalized spacial score (nSPS) is 11.8. The number of amides is 1. The van der Waals surface area contributed by atoms with Gasteiger partial charge in [-0.3, -0.25) is 4.79 Å². The van der Waals surface area contributed by atoms with Gasteiger partial charge in [0.2, 0.25) is 0 Å². The van der Waals surface area contributed by atoms with E-state index in [9.17, 15) is 4.79 Å². The molecule has 0 N–H and O–H groups in total. The number of rotatable bonds is 7. The van der Waals surface area contributed by atoms with Crippen LogP contribution in [0.2, 0.25) is 0 Å². The summed E-state index contributed by atoms with van der Waals surface area (Å²) in [6.45, 7) is 5.52. The molecule has 0 saturated carbocycles. The van der Waals surface area contributed by atoms with Gasteiger partial charge in [0.1, 0.15) is 11.3 Å². The number of aromatic nitrogens is 1. The fourth-order valence-electron chi connectivity index (χ4n) is 2.69. The second-order valence-corrected chi connectivity index (χ2v) is 7.74. The van der Waals surface area contributed by atoms with Gasteiger partial charge >= 0.3 is 0 Å². The topological polar surface area (TPSA) is 43.6 Å². The van der Waals surface area contributed by atoms with Crippen molar-refractivity contribution in [1.29, 1.82) is 0 Å². The first-order valence-corrected chi connectivity index (χ1v) is 10.5. The van der Waals surface area contributed by atoms with E-state index in [0.717, 1.165) is 38.6 Å². The number of nitrogens with zero attached hydrogens (tertiary/aromatic N) is 2. The Morgan fingerprint density at radius 2 is 1.96 bits per heavy atom. The molecular weight excluding hydrogens is 364 g/mol. The number of carbonyl (C=O) groups excluding carboxylic acids is 1. The minimum Gasteiger partial charge on any atom is -0.492 e. The molecule has 0 aliphatic rings. The predicted molar refractivity (Wildman–Crippen MR) is 109 cm³/mol. The average Bonchev–Trinajstić information content (AvgIpc) is 3.00. The summed E-state index contributed by atoms with van der Waals surface area (Å²) in [4.78, 5) is 18.6. The van der Waals surface area contributed by atoms with E-state index in [1.807, 2.05) is 49.4 Å². The van der Waals surface area contributed by atoms with Crippen molar-refractivity contribution in [2.24, 2.45) is 4.99 Å². The summed E-state index contributed by atoms with van der Waals surface area (Å²) in [6.07, 6.45) is 0.965. The number of aryl methyl sites for hydroxylation is 1. The lowest BCUT2D eigenvalue weighted by molar-refractivity contribution is -0.115. The number of thiazole rings is 1. The number of benzene rings is 2. The minimum absolute atomic E-state index is 0.117. The van der Waals surface area contributed by atoms with Crippen molar-refractivity contribution < 1.29 is 9.53 Å². The first-order chi connectivity index (χ1) is 12.7. The molecule has 0 atom stereocenters. The Hall–Kier alpha value is -2.05. The van der Waals surface area contributed by atoms with Crippen LogP contribution < -0.4 is 9.54 Å². The van der Waals surface area contributed by atoms with Gasteiger partial charge in [-0.15, -0.1) is 11.8 Å². The molecule has 0 radical (unpaired) electrons. The molecule has 1 heterocycles. The second-order valence-electron chi connectivity index (χ2n) is 5.68. The maximum atomic E-state index is 12.4. The van der Waals surface area contributed by atoms with E-state index in [1.165, 1.54) is 11.8 Å². The van der Waals surface area contributed by atoms with Gasteiger partial charge < -0.3 is 9.30 Å². The van der Waals surface area contributed by atoms with E-state index in [0.29, 0.717) is 12.4 Å². The van der Waals surface area contributed by atoms with Gasteiger partial charge in [0.05, 0.1) is 17.1 Å². The van der Waals surface area contributed by atoms with Crippen LogP contribution in [0.5, 0.6) is 5.75 Å². The van der Waals surface area contributed by atoms with Crippen LogP contribution in [0, 0.1) is 0 Å². The standard InChI is InChI=1S/C20H22N2O2S2/c1-3-13-22-19-16(24-4-2)11-8-12-17(19)26-20(22)21-18(23)14-25-15-9-6-5-7-10-15/h5-12H,3-4,13-14H2,1-2H3. The van der Waals surface area contributed by atoms with E-state index in [-0.39, 0.29) is 5.91 Å². The van der Waals surface area contributed by atoms with Gasteiger partial charge in [-0.2, -0.15) is 4.99 Å². The largest absolute Gasteiger partial charge is 0.492 e. The van der Waals surface area contributed by atoms with Crippen LogP contribution in [0.4, 0.5) is 0 Å². The number of carbonyl (C=O) groups is 1. The highest BCUT2D eigenvalue weighted by Crippen LogP contribution is 2.28. The fraction of sp³-hybridized carbons (Fsp3) is 0.300. The van der Waals surface area contributed by atoms with Gasteiger partial charge in [0.15, 0.2) is 4.80 Å². The SMILES string of the molecule is CCCn1c(=NC(=O)CSc2ccccc2)sc2cccc(OCC)c21. The Labute approximate surface area is 161 Å². The highest BCUT2D eigenvalue weighted by atomic mass is 32.2. The number of hydrogen-bond donors (Lipinski definition) is 0. The molecule has 26 heavy (non-hydrogen) atoms. The lowest BCUT2D eigenvalue weighted by atomic mass is 10.3. The van der Waals surface area contributed by atoms with E-state index in [2.05, 4.69) is 22.5 Å². The molecule has 136 valence electrons. The smallest absolute Gasteiger partial charge is 0.258 e. The maximum absolute atomic E-state index is 12.4. The van der Waals surface area contributed by atoms with Crippen LogP contribution in [0.3, 0.4) is 0 Å². The average molecular weight is 387 g/mol. The Bertz CT molecular complexity index is 945. The molecule has 3 aromatic rings. The van der Waals surface area contributed by atoms with E-state index >= 15 is 0 Å². The van der Waals surface area contributed by atoms with Gasteiger partial charge in [0.25, 0.3) is 5.91 Å². The summed E-state index contributed by atoms with van der Waals surface area (Å²) in [5, 5.41) is 0. The molecule has 1 aromatic heterocycles. The van der Waals surface area contributed by atoms with Crippen molar-refractivity contribution in [2.45, 2.75) is 31.7 Å². The van der Waals surface area contributed by atoms with Crippen LogP contribution in [0.25, 0.3) is 10.2 Å². The third kappa shape index (κ3) is 4.37. The van der Waals surface area contributed by atoms with E-state index < -0.39 is 0 Å². The molecule has 0 aliphatic carbocycles. The highest BCUT2D eigenvalue weighted by molar-refractivity contribution is 8.00. The molecule has 0 spiro atoms. The Kier molecular flexibility index (Phi) is 6.52. The van der Waals surface area contributed by atoms with Gasteiger partial charge in [-0.25, -0.2) is 0 Å². The minimum atomic E-state index is -0.117. The summed E-state index contributed by atoms with van der Waals surface area (Å²) in [6, 6.07) is 15.9. The van der Waals surface area contributed by atoms with Crippen LogP contribution in [-0.2, 0) is 11.3 Å². The summed E-state index contributed by atoms with van der Waals surface area (Å²) < 4.78 is 8.98. The van der Waals surface area contributed by atoms with E-state index in [4.69, 9.17) is 4.74 Å². The summed E-state index contributed by atoms with van der Waals surface area (Å²) in [5.74, 6) is 1.07. The van der Waals surface area contributed by atoms with Crippen molar-refractivity contribution in [1.82, 2.24) is 4.57 Å². The van der Waals surface area contributed by atoms with Crippen molar-refractivity contribution in [3.8, 4) is 5.75 Å². The lowest BCUT2D eigenvalue weighted by Crippen LogP contribution is -2.17. The summed E-state index contributed by atoms with van der Waals surface area (Å²) >= 11 is 3.05. The number of fused-ring (bicyclic) bond motifs is 1. The molecular formula is C20H22N2O2S2. The molecule has 0 unspecified atom stereocenters. The molecule has 0 fully saturated rings. The van der Waals surface area contributed by atoms with Crippen molar-refractivity contribution >= 4 is 39.2 Å². The third-order valence-electron chi connectivity index (χ3n) is 3.74. The fourth-order valence-corrected chi connectivity index (χ4v) is 4.48. The first kappa shape index (κ1) is 18.7. The third-order valence-corrected chi connectivity index (χ3v) is 5.78. The summed E-state index contributed by atoms with van der Waals surface area (Å²) in [5.41, 5.74) is 1.03. The molecule has 3 rings (SSSR count). The van der Waals surface area contributed by atoms with Gasteiger partial charge in [0, 0.05) is 11.4 Å². The van der Waals surface area contributed by atoms with Crippen LogP contribution in [0.1, 0.15) is 20.3 Å². The van der Waals surface area contributed by atoms with Crippen LogP contribution >= 0.6 is 23.1 Å². The zero-order valence-corrected chi connectivity index (χ0v) is 16.6. The molecule has 4 nitrogen and oxygen atoms in total. The lowest BCUT2D eigenvalue weighted by Gasteiger charge is -2.08. The molecule has 6 heteroatoms. The number of thioether (sulfide) groups is 1.